The van der Waals surface area contributed by atoms with E-state index in [0.29, 0.717) is 6.61 Å². The number of fused-ring (bicyclic) bond motifs is 1. The van der Waals surface area contributed by atoms with Crippen LogP contribution in [0.25, 0.3) is 10.8 Å². The third-order valence-electron chi connectivity index (χ3n) is 2.40. The van der Waals surface area contributed by atoms with Gasteiger partial charge in [-0.2, -0.15) is 0 Å². The molecule has 0 atom stereocenters. The van der Waals surface area contributed by atoms with Crippen molar-refractivity contribution < 1.29 is 4.74 Å². The molecule has 0 unspecified atom stereocenters. The van der Waals surface area contributed by atoms with E-state index >= 15 is 0 Å². The van der Waals surface area contributed by atoms with E-state index in [4.69, 9.17) is 4.74 Å². The van der Waals surface area contributed by atoms with Gasteiger partial charge in [-0.1, -0.05) is 52.9 Å². The lowest BCUT2D eigenvalue weighted by atomic mass is 10.1. The zero-order chi connectivity index (χ0) is 11.4. The number of hydrogen-bond acceptors (Lipinski definition) is 1. The van der Waals surface area contributed by atoms with Crippen LogP contribution in [0.15, 0.2) is 49.1 Å². The zero-order valence-corrected chi connectivity index (χ0v) is 10.5. The van der Waals surface area contributed by atoms with Gasteiger partial charge in [0.15, 0.2) is 0 Å². The van der Waals surface area contributed by atoms with E-state index < -0.39 is 0 Å². The summed E-state index contributed by atoms with van der Waals surface area (Å²) in [5.74, 6) is 0.888. The highest BCUT2D eigenvalue weighted by Gasteiger charge is 1.98. The summed E-state index contributed by atoms with van der Waals surface area (Å²) in [5.41, 5.74) is 1.27. The van der Waals surface area contributed by atoms with Gasteiger partial charge in [0.25, 0.3) is 0 Å². The molecule has 0 heterocycles. The molecule has 2 aromatic rings. The predicted octanol–water partition coefficient (Wildman–Crippen LogP) is 4.30. The molecule has 2 heteroatoms. The molecule has 0 bridgehead atoms. The Balaban J connectivity index is 2.38. The van der Waals surface area contributed by atoms with Crippen molar-refractivity contribution in [3.63, 3.8) is 0 Å². The molecule has 2 aromatic carbocycles. The van der Waals surface area contributed by atoms with E-state index in [1.807, 2.05) is 6.07 Å². The summed E-state index contributed by atoms with van der Waals surface area (Å²) >= 11 is 3.46. The minimum atomic E-state index is 0.545. The fourth-order valence-electron chi connectivity index (χ4n) is 1.60. The first-order chi connectivity index (χ1) is 7.83. The van der Waals surface area contributed by atoms with Crippen LogP contribution in [-0.2, 0) is 5.33 Å². The largest absolute Gasteiger partial charge is 0.490 e. The molecule has 16 heavy (non-hydrogen) atoms. The fourth-order valence-corrected chi connectivity index (χ4v) is 1.95. The molecule has 0 N–H and O–H groups in total. The standard InChI is InChI=1S/C14H13BrO/c1-2-7-16-14-6-5-12-4-3-11(10-15)8-13(12)9-14/h2-6,8-9H,1,7,10H2. The van der Waals surface area contributed by atoms with Crippen molar-refractivity contribution >= 4 is 26.7 Å². The van der Waals surface area contributed by atoms with Gasteiger partial charge in [0, 0.05) is 5.33 Å². The highest BCUT2D eigenvalue weighted by Crippen LogP contribution is 2.22. The maximum absolute atomic E-state index is 5.51. The topological polar surface area (TPSA) is 9.23 Å². The molecule has 0 saturated heterocycles. The van der Waals surface area contributed by atoms with Gasteiger partial charge < -0.3 is 4.74 Å². The van der Waals surface area contributed by atoms with Crippen LogP contribution in [0.5, 0.6) is 5.75 Å². The van der Waals surface area contributed by atoms with Crippen LogP contribution < -0.4 is 4.74 Å². The van der Waals surface area contributed by atoms with Gasteiger partial charge in [-0.15, -0.1) is 0 Å². The molecule has 0 radical (unpaired) electrons. The average molecular weight is 277 g/mol. The lowest BCUT2D eigenvalue weighted by molar-refractivity contribution is 0.364. The molecule has 0 fully saturated rings. The van der Waals surface area contributed by atoms with Gasteiger partial charge >= 0.3 is 0 Å². The number of ether oxygens (including phenoxy) is 1. The lowest BCUT2D eigenvalue weighted by Crippen LogP contribution is -1.92. The van der Waals surface area contributed by atoms with Crippen molar-refractivity contribution in [1.29, 1.82) is 0 Å². The Morgan fingerprint density at radius 1 is 1.12 bits per heavy atom. The van der Waals surface area contributed by atoms with Crippen molar-refractivity contribution in [3.05, 3.63) is 54.6 Å². The first kappa shape index (κ1) is 11.2. The van der Waals surface area contributed by atoms with E-state index in [1.54, 1.807) is 6.08 Å². The summed E-state index contributed by atoms with van der Waals surface area (Å²) in [6.45, 7) is 4.18. The lowest BCUT2D eigenvalue weighted by Gasteiger charge is -2.05. The maximum atomic E-state index is 5.51. The number of rotatable bonds is 4. The van der Waals surface area contributed by atoms with Crippen molar-refractivity contribution in [1.82, 2.24) is 0 Å². The Bertz CT molecular complexity index is 505. The Kier molecular flexibility index (Phi) is 3.62. The van der Waals surface area contributed by atoms with Crippen LogP contribution in [0.2, 0.25) is 0 Å². The SMILES string of the molecule is C=CCOc1ccc2ccc(CBr)cc2c1. The molecule has 0 spiro atoms. The molecule has 0 amide bonds. The van der Waals surface area contributed by atoms with E-state index in [1.165, 1.54) is 16.3 Å². The van der Waals surface area contributed by atoms with Crippen LogP contribution in [0.1, 0.15) is 5.56 Å². The summed E-state index contributed by atoms with van der Waals surface area (Å²) in [6.07, 6.45) is 1.75. The Hall–Kier alpha value is -1.28. The first-order valence-electron chi connectivity index (χ1n) is 5.16. The number of hydrogen-bond donors (Lipinski definition) is 0. The maximum Gasteiger partial charge on any atom is 0.120 e. The zero-order valence-electron chi connectivity index (χ0n) is 8.95. The van der Waals surface area contributed by atoms with Crippen molar-refractivity contribution in [3.8, 4) is 5.75 Å². The Morgan fingerprint density at radius 2 is 1.94 bits per heavy atom. The third kappa shape index (κ3) is 2.45. The van der Waals surface area contributed by atoms with Gasteiger partial charge in [-0.3, -0.25) is 0 Å². The van der Waals surface area contributed by atoms with Gasteiger partial charge in [0.2, 0.25) is 0 Å². The number of halogens is 1. The molecule has 0 aliphatic rings. The van der Waals surface area contributed by atoms with Gasteiger partial charge in [-0.25, -0.2) is 0 Å². The van der Waals surface area contributed by atoms with Crippen molar-refractivity contribution in [2.45, 2.75) is 5.33 Å². The quantitative estimate of drug-likeness (QED) is 0.598. The summed E-state index contributed by atoms with van der Waals surface area (Å²) in [6, 6.07) is 12.5. The molecule has 0 saturated carbocycles. The Labute approximate surface area is 104 Å². The van der Waals surface area contributed by atoms with Crippen molar-refractivity contribution in [2.75, 3.05) is 6.61 Å². The summed E-state index contributed by atoms with van der Waals surface area (Å²) in [7, 11) is 0. The van der Waals surface area contributed by atoms with Crippen LogP contribution >= 0.6 is 15.9 Å². The van der Waals surface area contributed by atoms with Gasteiger partial charge in [0.1, 0.15) is 12.4 Å². The molecule has 0 aliphatic heterocycles. The highest BCUT2D eigenvalue weighted by atomic mass is 79.9. The normalized spacial score (nSPS) is 10.3. The minimum Gasteiger partial charge on any atom is -0.490 e. The molecule has 0 aliphatic carbocycles. The summed E-state index contributed by atoms with van der Waals surface area (Å²) in [4.78, 5) is 0. The van der Waals surface area contributed by atoms with Gasteiger partial charge in [0.05, 0.1) is 0 Å². The highest BCUT2D eigenvalue weighted by molar-refractivity contribution is 9.08. The van der Waals surface area contributed by atoms with E-state index in [2.05, 4.69) is 52.8 Å². The number of benzene rings is 2. The molecule has 82 valence electrons. The van der Waals surface area contributed by atoms with E-state index in [9.17, 15) is 0 Å². The second kappa shape index (κ2) is 5.17. The second-order valence-electron chi connectivity index (χ2n) is 3.58. The summed E-state index contributed by atoms with van der Waals surface area (Å²) in [5, 5.41) is 3.31. The van der Waals surface area contributed by atoms with Gasteiger partial charge in [-0.05, 0) is 28.5 Å². The summed E-state index contributed by atoms with van der Waals surface area (Å²) < 4.78 is 5.51. The third-order valence-corrected chi connectivity index (χ3v) is 3.05. The predicted molar refractivity (Wildman–Crippen MR) is 72.3 cm³/mol. The van der Waals surface area contributed by atoms with E-state index in [0.717, 1.165) is 11.1 Å². The van der Waals surface area contributed by atoms with Crippen LogP contribution in [0.4, 0.5) is 0 Å². The second-order valence-corrected chi connectivity index (χ2v) is 4.14. The minimum absolute atomic E-state index is 0.545. The number of alkyl halides is 1. The molecular weight excluding hydrogens is 264 g/mol. The van der Waals surface area contributed by atoms with Crippen molar-refractivity contribution in [2.24, 2.45) is 0 Å². The van der Waals surface area contributed by atoms with E-state index in [-0.39, 0.29) is 0 Å². The van der Waals surface area contributed by atoms with Crippen LogP contribution in [0.3, 0.4) is 0 Å². The monoisotopic (exact) mass is 276 g/mol. The molecule has 0 aromatic heterocycles. The first-order valence-corrected chi connectivity index (χ1v) is 6.28. The molecule has 1 nitrogen and oxygen atoms in total. The average Bonchev–Trinajstić information content (AvgIpc) is 2.35. The Morgan fingerprint density at radius 3 is 2.69 bits per heavy atom. The molecular formula is C14H13BrO. The smallest absolute Gasteiger partial charge is 0.120 e. The fraction of sp³-hybridized carbons (Fsp3) is 0.143. The van der Waals surface area contributed by atoms with Crippen LogP contribution in [-0.4, -0.2) is 6.61 Å². The molecule has 2 rings (SSSR count). The van der Waals surface area contributed by atoms with Crippen LogP contribution in [0, 0.1) is 0 Å².